The van der Waals surface area contributed by atoms with Crippen molar-refractivity contribution in [1.82, 2.24) is 5.32 Å². The van der Waals surface area contributed by atoms with Crippen LogP contribution in [0, 0.1) is 0 Å². The fraction of sp³-hybridized carbons (Fsp3) is 0.474. The van der Waals surface area contributed by atoms with Crippen molar-refractivity contribution in [2.24, 2.45) is 0 Å². The van der Waals surface area contributed by atoms with E-state index in [2.05, 4.69) is 5.32 Å². The van der Waals surface area contributed by atoms with Gasteiger partial charge in [-0.2, -0.15) is 21.4 Å². The van der Waals surface area contributed by atoms with Crippen LogP contribution in [0.15, 0.2) is 60.3 Å². The van der Waals surface area contributed by atoms with Gasteiger partial charge in [-0.05, 0) is 62.9 Å². The van der Waals surface area contributed by atoms with E-state index >= 15 is 0 Å². The zero-order chi connectivity index (χ0) is 39.4. The number of fused-ring (bicyclic) bond motifs is 2. The van der Waals surface area contributed by atoms with Crippen LogP contribution < -0.4 is 10.2 Å². The Morgan fingerprint density at radius 3 is 2.23 bits per heavy atom. The number of benzene rings is 2. The molecule has 0 atom stereocenters. The number of nitrogens with zero attached hydrogens (tertiary/aromatic N) is 2. The molecule has 2 heterocycles. The van der Waals surface area contributed by atoms with Crippen LogP contribution in [-0.4, -0.2) is 90.1 Å². The summed E-state index contributed by atoms with van der Waals surface area (Å²) < 4.78 is 67.4. The summed E-state index contributed by atoms with van der Waals surface area (Å²) in [5, 5.41) is 11.7. The largest absolute Gasteiger partial charge is 0.481 e. The third-order valence-corrected chi connectivity index (χ3v) is 11.4. The molecule has 0 unspecified atom stereocenters. The van der Waals surface area contributed by atoms with Crippen LogP contribution in [0.1, 0.15) is 105 Å². The first-order valence-corrected chi connectivity index (χ1v) is 20.9. The topological polar surface area (TPSA) is 198 Å². The van der Waals surface area contributed by atoms with Crippen LogP contribution in [0.2, 0.25) is 0 Å². The number of amides is 1. The van der Waals surface area contributed by atoms with Gasteiger partial charge in [0.05, 0.1) is 22.5 Å². The molecule has 0 aliphatic carbocycles. The normalized spacial score (nSPS) is 17.0. The second kappa shape index (κ2) is 16.5. The first-order chi connectivity index (χ1) is 24.7. The van der Waals surface area contributed by atoms with Crippen LogP contribution in [-0.2, 0) is 35.9 Å². The highest BCUT2D eigenvalue weighted by molar-refractivity contribution is 7.86. The van der Waals surface area contributed by atoms with Gasteiger partial charge in [-0.15, -0.1) is 0 Å². The lowest BCUT2D eigenvalue weighted by molar-refractivity contribution is -0.437. The number of nitrogens with one attached hydrogen (secondary N) is 1. The first-order valence-electron chi connectivity index (χ1n) is 17.7. The number of carbonyl (C=O) groups excluding carboxylic acids is 2. The van der Waals surface area contributed by atoms with Crippen molar-refractivity contribution in [2.45, 2.75) is 84.0 Å². The smallest absolute Gasteiger partial charge is 0.303 e. The lowest BCUT2D eigenvalue weighted by Crippen LogP contribution is -2.30. The molecule has 2 aliphatic rings. The van der Waals surface area contributed by atoms with E-state index in [1.807, 2.05) is 80.5 Å². The summed E-state index contributed by atoms with van der Waals surface area (Å²) in [6, 6.07) is 10.8. The van der Waals surface area contributed by atoms with E-state index in [1.54, 1.807) is 18.2 Å². The fourth-order valence-electron chi connectivity index (χ4n) is 7.29. The second-order valence-corrected chi connectivity index (χ2v) is 17.6. The minimum absolute atomic E-state index is 0.0157. The molecule has 288 valence electrons. The van der Waals surface area contributed by atoms with Crippen molar-refractivity contribution in [3.8, 4) is 0 Å². The maximum atomic E-state index is 13.3. The number of aliphatic carboxylic acids is 1. The summed E-state index contributed by atoms with van der Waals surface area (Å²) in [5.41, 5.74) is 4.46. The summed E-state index contributed by atoms with van der Waals surface area (Å²) in [7, 11) is -8.41. The second-order valence-electron chi connectivity index (χ2n) is 14.5. The van der Waals surface area contributed by atoms with Gasteiger partial charge in [-0.3, -0.25) is 23.5 Å². The van der Waals surface area contributed by atoms with Crippen molar-refractivity contribution in [3.63, 3.8) is 0 Å². The molecule has 0 spiro atoms. The lowest BCUT2D eigenvalue weighted by atomic mass is 9.77. The van der Waals surface area contributed by atoms with E-state index in [0.717, 1.165) is 33.9 Å². The standard InChI is InChI=1S/C38H49N3O10S2/c1-6-12-31(42)27-13-7-14-30-35(27)38(4,5)33(41(30)22-11-24-53(49,50)51)16-8-15-32-37(2,3)28-25-26(36(45)39-20-9-17-34(43)44)18-19-29(28)40(32)21-10-23-52(46,47)48/h7-8,13-16,18-19,25H,6,9-12,17,20-24H2,1-5H3,(H3-,39,43,44,45,46,47,48,49,50,51)/p+1. The van der Waals surface area contributed by atoms with Gasteiger partial charge in [0.15, 0.2) is 11.5 Å². The van der Waals surface area contributed by atoms with Gasteiger partial charge in [0.2, 0.25) is 5.69 Å². The molecule has 2 aliphatic heterocycles. The van der Waals surface area contributed by atoms with Crippen LogP contribution in [0.25, 0.3) is 0 Å². The van der Waals surface area contributed by atoms with Crippen molar-refractivity contribution in [2.75, 3.05) is 36.0 Å². The van der Waals surface area contributed by atoms with Gasteiger partial charge in [0, 0.05) is 72.4 Å². The zero-order valence-electron chi connectivity index (χ0n) is 30.9. The van der Waals surface area contributed by atoms with Crippen molar-refractivity contribution >= 4 is 55.0 Å². The van der Waals surface area contributed by atoms with E-state index in [9.17, 15) is 40.3 Å². The number of ketones is 1. The molecule has 4 N–H and O–H groups in total. The Morgan fingerprint density at radius 2 is 1.58 bits per heavy atom. The Hall–Kier alpha value is -4.18. The molecule has 0 fully saturated rings. The van der Waals surface area contributed by atoms with Crippen LogP contribution in [0.3, 0.4) is 0 Å². The molecule has 0 saturated carbocycles. The number of allylic oxidation sites excluding steroid dienone is 4. The summed E-state index contributed by atoms with van der Waals surface area (Å²) in [5.74, 6) is -2.16. The van der Waals surface area contributed by atoms with Crippen LogP contribution >= 0.6 is 0 Å². The van der Waals surface area contributed by atoms with E-state index < -0.39 is 48.5 Å². The SMILES string of the molecule is CCCC(=O)c1cccc2c1C(C)(C)C(/C=C/C=C1/N(CCCS(=O)(=O)O)c3ccc(C(=O)NCCCC(=O)O)cc3C1(C)C)=[N+]2CCCS(=O)(=O)O. The minimum Gasteiger partial charge on any atom is -0.481 e. The molecule has 2 aromatic carbocycles. The molecule has 4 rings (SSSR count). The third-order valence-electron chi connectivity index (χ3n) is 9.75. The van der Waals surface area contributed by atoms with Crippen molar-refractivity contribution in [3.05, 3.63) is 82.6 Å². The molecule has 0 aromatic heterocycles. The fourth-order valence-corrected chi connectivity index (χ4v) is 8.28. The Labute approximate surface area is 312 Å². The molecule has 53 heavy (non-hydrogen) atoms. The Balaban J connectivity index is 1.77. The number of hydrogen-bond donors (Lipinski definition) is 4. The average Bonchev–Trinajstić information content (AvgIpc) is 3.40. The van der Waals surface area contributed by atoms with Gasteiger partial charge in [0.25, 0.3) is 26.1 Å². The van der Waals surface area contributed by atoms with Gasteiger partial charge < -0.3 is 15.3 Å². The number of rotatable bonds is 18. The van der Waals surface area contributed by atoms with Gasteiger partial charge in [0.1, 0.15) is 6.54 Å². The monoisotopic (exact) mass is 772 g/mol. The number of anilines is 1. The molecule has 15 heteroatoms. The van der Waals surface area contributed by atoms with Gasteiger partial charge >= 0.3 is 5.97 Å². The molecule has 0 radical (unpaired) electrons. The molecular weight excluding hydrogens is 723 g/mol. The van der Waals surface area contributed by atoms with Gasteiger partial charge in [-0.1, -0.05) is 39.0 Å². The minimum atomic E-state index is -4.21. The van der Waals surface area contributed by atoms with E-state index in [4.69, 9.17) is 5.11 Å². The Kier molecular flexibility index (Phi) is 12.9. The lowest BCUT2D eigenvalue weighted by Gasteiger charge is -2.27. The average molecular weight is 773 g/mol. The van der Waals surface area contributed by atoms with Crippen molar-refractivity contribution < 1.29 is 50.0 Å². The number of carboxylic acids is 1. The quantitative estimate of drug-likeness (QED) is 0.0652. The highest BCUT2D eigenvalue weighted by atomic mass is 32.2. The molecule has 1 amide bonds. The predicted octanol–water partition coefficient (Wildman–Crippen LogP) is 5.43. The van der Waals surface area contributed by atoms with E-state index in [1.165, 1.54) is 0 Å². The number of carboxylic acid groups (broad SMARTS) is 1. The van der Waals surface area contributed by atoms with Gasteiger partial charge in [-0.25, -0.2) is 0 Å². The summed E-state index contributed by atoms with van der Waals surface area (Å²) >= 11 is 0. The summed E-state index contributed by atoms with van der Waals surface area (Å²) in [4.78, 5) is 39.1. The summed E-state index contributed by atoms with van der Waals surface area (Å²) in [6.45, 7) is 10.6. The van der Waals surface area contributed by atoms with E-state index in [-0.39, 0.29) is 57.0 Å². The molecule has 13 nitrogen and oxygen atoms in total. The molecular formula is C38H50N3O10S2+. The summed E-state index contributed by atoms with van der Waals surface area (Å²) in [6.07, 6.45) is 7.22. The Morgan fingerprint density at radius 1 is 0.906 bits per heavy atom. The number of hydrogen-bond acceptors (Lipinski definition) is 8. The molecule has 0 saturated heterocycles. The zero-order valence-corrected chi connectivity index (χ0v) is 32.5. The van der Waals surface area contributed by atoms with E-state index in [0.29, 0.717) is 24.0 Å². The predicted molar refractivity (Wildman–Crippen MR) is 204 cm³/mol. The third kappa shape index (κ3) is 9.88. The van der Waals surface area contributed by atoms with Crippen molar-refractivity contribution in [1.29, 1.82) is 0 Å². The highest BCUT2D eigenvalue weighted by Gasteiger charge is 2.47. The number of Topliss-reactive ketones (excluding diaryl/α,β-unsaturated/α-hetero) is 1. The maximum Gasteiger partial charge on any atom is 0.303 e. The Bertz CT molecular complexity index is 2080. The molecule has 0 bridgehead atoms. The van der Waals surface area contributed by atoms with Crippen LogP contribution in [0.5, 0.6) is 0 Å². The number of carbonyl (C=O) groups is 3. The molecule has 2 aromatic rings. The highest BCUT2D eigenvalue weighted by Crippen LogP contribution is 2.48. The maximum absolute atomic E-state index is 13.3. The van der Waals surface area contributed by atoms with Crippen LogP contribution in [0.4, 0.5) is 11.4 Å². The first kappa shape index (κ1) is 41.6.